The lowest BCUT2D eigenvalue weighted by Crippen LogP contribution is -2.26. The van der Waals surface area contributed by atoms with Crippen LogP contribution < -0.4 is 10.1 Å². The maximum atomic E-state index is 13.1. The fraction of sp³-hybridized carbons (Fsp3) is 0.316. The number of halogens is 2. The van der Waals surface area contributed by atoms with E-state index in [2.05, 4.69) is 19.2 Å². The number of benzene rings is 2. The van der Waals surface area contributed by atoms with Crippen LogP contribution in [-0.2, 0) is 6.42 Å². The van der Waals surface area contributed by atoms with E-state index in [0.29, 0.717) is 28.2 Å². The average Bonchev–Trinajstić information content (AvgIpc) is 2.54. The number of rotatable bonds is 7. The summed E-state index contributed by atoms with van der Waals surface area (Å²) in [6.45, 7) is 5.45. The van der Waals surface area contributed by atoms with Crippen molar-refractivity contribution in [3.63, 3.8) is 0 Å². The molecule has 1 N–H and O–H groups in total. The van der Waals surface area contributed by atoms with Crippen LogP contribution in [0.5, 0.6) is 5.75 Å². The molecule has 0 aromatic heterocycles. The maximum absolute atomic E-state index is 13.1. The second-order valence-corrected chi connectivity index (χ2v) is 7.14. The Morgan fingerprint density at radius 2 is 1.92 bits per heavy atom. The molecule has 0 aliphatic rings. The summed E-state index contributed by atoms with van der Waals surface area (Å²) in [5, 5.41) is 2.86. The van der Waals surface area contributed by atoms with Gasteiger partial charge in [-0.1, -0.05) is 26.0 Å². The number of carbonyl (C=O) groups is 1. The molecule has 0 fully saturated rings. The molecule has 2 rings (SSSR count). The third-order valence-corrected chi connectivity index (χ3v) is 4.27. The fourth-order valence-corrected chi connectivity index (χ4v) is 2.83. The number of nitrogens with one attached hydrogen (secondary N) is 1. The Morgan fingerprint density at radius 3 is 2.54 bits per heavy atom. The van der Waals surface area contributed by atoms with Crippen molar-refractivity contribution in [1.29, 1.82) is 0 Å². The van der Waals surface area contributed by atoms with Crippen molar-refractivity contribution < 1.29 is 13.9 Å². The summed E-state index contributed by atoms with van der Waals surface area (Å²) in [4.78, 5) is 12.1. The van der Waals surface area contributed by atoms with Gasteiger partial charge < -0.3 is 10.1 Å². The fourth-order valence-electron chi connectivity index (χ4n) is 2.10. The van der Waals surface area contributed by atoms with Gasteiger partial charge in [-0.2, -0.15) is 0 Å². The van der Waals surface area contributed by atoms with Gasteiger partial charge in [0.25, 0.3) is 5.91 Å². The summed E-state index contributed by atoms with van der Waals surface area (Å²) in [6, 6.07) is 12.1. The minimum atomic E-state index is -0.337. The molecule has 0 heterocycles. The Kier molecular flexibility index (Phi) is 7.02. The SMILES string of the molecule is CC(C)COc1ccc(CCNC(=O)c2ccc(F)cc2I)cc1. The highest BCUT2D eigenvalue weighted by molar-refractivity contribution is 14.1. The molecule has 5 heteroatoms. The van der Waals surface area contributed by atoms with Gasteiger partial charge in [-0.15, -0.1) is 0 Å². The summed E-state index contributed by atoms with van der Waals surface area (Å²) in [7, 11) is 0. The van der Waals surface area contributed by atoms with E-state index in [1.54, 1.807) is 0 Å². The maximum Gasteiger partial charge on any atom is 0.252 e. The molecule has 0 bridgehead atoms. The van der Waals surface area contributed by atoms with E-state index in [1.807, 2.05) is 46.9 Å². The summed E-state index contributed by atoms with van der Waals surface area (Å²) in [5.74, 6) is 0.832. The second-order valence-electron chi connectivity index (χ2n) is 5.98. The van der Waals surface area contributed by atoms with Gasteiger partial charge in [-0.25, -0.2) is 4.39 Å². The molecule has 2 aromatic rings. The Bertz CT molecular complexity index is 686. The molecule has 1 amide bonds. The van der Waals surface area contributed by atoms with Crippen molar-refractivity contribution in [3.05, 3.63) is 63.0 Å². The van der Waals surface area contributed by atoms with Crippen molar-refractivity contribution in [1.82, 2.24) is 5.32 Å². The molecular weight excluding hydrogens is 420 g/mol. The van der Waals surface area contributed by atoms with Gasteiger partial charge in [0.2, 0.25) is 0 Å². The lowest BCUT2D eigenvalue weighted by Gasteiger charge is -2.10. The van der Waals surface area contributed by atoms with Crippen molar-refractivity contribution in [2.75, 3.05) is 13.2 Å². The molecule has 0 aliphatic carbocycles. The van der Waals surface area contributed by atoms with E-state index in [4.69, 9.17) is 4.74 Å². The lowest BCUT2D eigenvalue weighted by atomic mass is 10.1. The predicted molar refractivity (Wildman–Crippen MR) is 102 cm³/mol. The van der Waals surface area contributed by atoms with Crippen molar-refractivity contribution >= 4 is 28.5 Å². The average molecular weight is 441 g/mol. The highest BCUT2D eigenvalue weighted by Crippen LogP contribution is 2.15. The van der Waals surface area contributed by atoms with Crippen LogP contribution in [0.15, 0.2) is 42.5 Å². The Hall–Kier alpha value is -1.63. The molecule has 0 saturated carbocycles. The molecule has 0 spiro atoms. The normalized spacial score (nSPS) is 10.7. The Labute approximate surface area is 155 Å². The predicted octanol–water partition coefficient (Wildman–Crippen LogP) is 4.44. The van der Waals surface area contributed by atoms with Crippen LogP contribution in [0.1, 0.15) is 29.8 Å². The monoisotopic (exact) mass is 441 g/mol. The third-order valence-electron chi connectivity index (χ3n) is 3.38. The highest BCUT2D eigenvalue weighted by atomic mass is 127. The van der Waals surface area contributed by atoms with Crippen LogP contribution >= 0.6 is 22.6 Å². The molecule has 24 heavy (non-hydrogen) atoms. The summed E-state index contributed by atoms with van der Waals surface area (Å²) >= 11 is 1.97. The minimum Gasteiger partial charge on any atom is -0.493 e. The van der Waals surface area contributed by atoms with Crippen LogP contribution in [0.4, 0.5) is 4.39 Å². The van der Waals surface area contributed by atoms with Crippen LogP contribution in [0.25, 0.3) is 0 Å². The van der Waals surface area contributed by atoms with Gasteiger partial charge in [0.15, 0.2) is 0 Å². The topological polar surface area (TPSA) is 38.3 Å². The van der Waals surface area contributed by atoms with Crippen molar-refractivity contribution in [2.45, 2.75) is 20.3 Å². The number of amides is 1. The summed E-state index contributed by atoms with van der Waals surface area (Å²) in [6.07, 6.45) is 0.730. The first kappa shape index (κ1) is 18.7. The molecule has 0 radical (unpaired) electrons. The smallest absolute Gasteiger partial charge is 0.252 e. The van der Waals surface area contributed by atoms with E-state index < -0.39 is 0 Å². The first-order valence-electron chi connectivity index (χ1n) is 7.90. The number of carbonyl (C=O) groups excluding carboxylic acids is 1. The quantitative estimate of drug-likeness (QED) is 0.646. The second kappa shape index (κ2) is 9.01. The number of hydrogen-bond donors (Lipinski definition) is 1. The van der Waals surface area contributed by atoms with Crippen LogP contribution in [0, 0.1) is 15.3 Å². The van der Waals surface area contributed by atoms with E-state index in [0.717, 1.165) is 17.7 Å². The summed E-state index contributed by atoms with van der Waals surface area (Å²) < 4.78 is 19.3. The van der Waals surface area contributed by atoms with Gasteiger partial charge >= 0.3 is 0 Å². The van der Waals surface area contributed by atoms with Gasteiger partial charge in [-0.05, 0) is 70.8 Å². The molecular formula is C19H21FINO2. The zero-order valence-corrected chi connectivity index (χ0v) is 16.0. The number of ether oxygens (including phenoxy) is 1. The van der Waals surface area contributed by atoms with Gasteiger partial charge in [-0.3, -0.25) is 4.79 Å². The first-order chi connectivity index (χ1) is 11.5. The van der Waals surface area contributed by atoms with Crippen LogP contribution in [0.3, 0.4) is 0 Å². The van der Waals surface area contributed by atoms with Crippen molar-refractivity contribution in [3.8, 4) is 5.75 Å². The number of hydrogen-bond acceptors (Lipinski definition) is 2. The highest BCUT2D eigenvalue weighted by Gasteiger charge is 2.10. The molecule has 2 aromatic carbocycles. The largest absolute Gasteiger partial charge is 0.493 e. The molecule has 0 atom stereocenters. The Balaban J connectivity index is 1.82. The standard InChI is InChI=1S/C19H21FINO2/c1-13(2)12-24-16-6-3-14(4-7-16)9-10-22-19(23)17-8-5-15(20)11-18(17)21/h3-8,11,13H,9-10,12H2,1-2H3,(H,22,23). The van der Waals surface area contributed by atoms with Crippen LogP contribution in [-0.4, -0.2) is 19.1 Å². The first-order valence-corrected chi connectivity index (χ1v) is 8.98. The zero-order chi connectivity index (χ0) is 17.5. The molecule has 0 unspecified atom stereocenters. The zero-order valence-electron chi connectivity index (χ0n) is 13.8. The van der Waals surface area contributed by atoms with E-state index in [1.165, 1.54) is 18.2 Å². The van der Waals surface area contributed by atoms with Crippen molar-refractivity contribution in [2.24, 2.45) is 5.92 Å². The van der Waals surface area contributed by atoms with Gasteiger partial charge in [0.1, 0.15) is 11.6 Å². The molecule has 128 valence electrons. The molecule has 0 aliphatic heterocycles. The lowest BCUT2D eigenvalue weighted by molar-refractivity contribution is 0.0953. The van der Waals surface area contributed by atoms with Gasteiger partial charge in [0, 0.05) is 10.1 Å². The van der Waals surface area contributed by atoms with E-state index >= 15 is 0 Å². The van der Waals surface area contributed by atoms with E-state index in [9.17, 15) is 9.18 Å². The minimum absolute atomic E-state index is 0.184. The molecule has 3 nitrogen and oxygen atoms in total. The van der Waals surface area contributed by atoms with E-state index in [-0.39, 0.29) is 11.7 Å². The van der Waals surface area contributed by atoms with Gasteiger partial charge in [0.05, 0.1) is 12.2 Å². The molecule has 0 saturated heterocycles. The van der Waals surface area contributed by atoms with Crippen LogP contribution in [0.2, 0.25) is 0 Å². The Morgan fingerprint density at radius 1 is 1.21 bits per heavy atom. The summed E-state index contributed by atoms with van der Waals surface area (Å²) in [5.41, 5.74) is 1.62. The third kappa shape index (κ3) is 5.78.